The molecule has 0 saturated heterocycles. The number of halogens is 2. The average molecular weight is 409 g/mol. The number of benzene rings is 2. The van der Waals surface area contributed by atoms with Gasteiger partial charge in [-0.3, -0.25) is 4.79 Å². The van der Waals surface area contributed by atoms with E-state index in [9.17, 15) is 13.6 Å². The number of hydrogen-bond acceptors (Lipinski definition) is 3. The molecule has 2 aromatic carbocycles. The van der Waals surface area contributed by atoms with Crippen LogP contribution in [0.5, 0.6) is 0 Å². The fourth-order valence-electron chi connectivity index (χ4n) is 3.45. The van der Waals surface area contributed by atoms with Crippen LogP contribution >= 0.6 is 0 Å². The third-order valence-electron chi connectivity index (χ3n) is 4.95. The second kappa shape index (κ2) is 8.44. The fourth-order valence-corrected chi connectivity index (χ4v) is 3.45. The van der Waals surface area contributed by atoms with Gasteiger partial charge in [-0.2, -0.15) is 5.10 Å². The standard InChI is InChI=1S/C22H21F2N5O/c1-27(14-21-25-15-26-29(21)13-20(23)24)22(30)18-7-8-19-17(11-18)9-10-28(19)12-16-5-3-2-4-6-16/h2-11,15,20H,12-14H2,1H3. The molecular formula is C22H21F2N5O. The Bertz CT molecular complexity index is 1150. The summed E-state index contributed by atoms with van der Waals surface area (Å²) in [4.78, 5) is 18.3. The molecular weight excluding hydrogens is 388 g/mol. The van der Waals surface area contributed by atoms with Crippen LogP contribution < -0.4 is 0 Å². The van der Waals surface area contributed by atoms with Gasteiger partial charge in [0.05, 0.1) is 6.54 Å². The van der Waals surface area contributed by atoms with E-state index in [-0.39, 0.29) is 12.5 Å². The summed E-state index contributed by atoms with van der Waals surface area (Å²) >= 11 is 0. The van der Waals surface area contributed by atoms with Gasteiger partial charge in [-0.05, 0) is 29.8 Å². The molecule has 0 atom stereocenters. The lowest BCUT2D eigenvalue weighted by molar-refractivity contribution is 0.0775. The van der Waals surface area contributed by atoms with Crippen LogP contribution in [0.25, 0.3) is 10.9 Å². The van der Waals surface area contributed by atoms with Crippen LogP contribution in [-0.4, -0.2) is 43.6 Å². The number of hydrogen-bond donors (Lipinski definition) is 0. The molecule has 0 spiro atoms. The normalized spacial score (nSPS) is 11.3. The molecule has 0 N–H and O–H groups in total. The second-order valence-electron chi connectivity index (χ2n) is 7.11. The summed E-state index contributed by atoms with van der Waals surface area (Å²) in [6.45, 7) is 0.300. The Morgan fingerprint density at radius 1 is 1.13 bits per heavy atom. The van der Waals surface area contributed by atoms with Crippen molar-refractivity contribution >= 4 is 16.8 Å². The van der Waals surface area contributed by atoms with E-state index in [1.807, 2.05) is 42.6 Å². The molecule has 0 unspecified atom stereocenters. The number of amides is 1. The molecule has 0 radical (unpaired) electrons. The van der Waals surface area contributed by atoms with Crippen molar-refractivity contribution in [2.45, 2.75) is 26.1 Å². The van der Waals surface area contributed by atoms with Crippen molar-refractivity contribution in [2.24, 2.45) is 0 Å². The predicted octanol–water partition coefficient (Wildman–Crippen LogP) is 3.82. The highest BCUT2D eigenvalue weighted by Gasteiger charge is 2.17. The van der Waals surface area contributed by atoms with Crippen molar-refractivity contribution in [3.63, 3.8) is 0 Å². The Balaban J connectivity index is 1.50. The van der Waals surface area contributed by atoms with Crippen molar-refractivity contribution in [3.8, 4) is 0 Å². The van der Waals surface area contributed by atoms with E-state index in [0.717, 1.165) is 22.1 Å². The zero-order valence-electron chi connectivity index (χ0n) is 16.4. The second-order valence-corrected chi connectivity index (χ2v) is 7.11. The average Bonchev–Trinajstić information content (AvgIpc) is 3.34. The number of carbonyl (C=O) groups excluding carboxylic acids is 1. The lowest BCUT2D eigenvalue weighted by Crippen LogP contribution is -2.28. The van der Waals surface area contributed by atoms with E-state index in [0.29, 0.717) is 11.4 Å². The minimum absolute atomic E-state index is 0.0958. The highest BCUT2D eigenvalue weighted by atomic mass is 19.3. The summed E-state index contributed by atoms with van der Waals surface area (Å²) in [5.41, 5.74) is 2.76. The molecule has 0 aliphatic heterocycles. The fraction of sp³-hybridized carbons (Fsp3) is 0.227. The summed E-state index contributed by atoms with van der Waals surface area (Å²) in [7, 11) is 1.62. The molecule has 0 aliphatic rings. The summed E-state index contributed by atoms with van der Waals surface area (Å²) in [6.07, 6.45) is 0.689. The predicted molar refractivity (Wildman–Crippen MR) is 109 cm³/mol. The van der Waals surface area contributed by atoms with E-state index in [2.05, 4.69) is 26.8 Å². The summed E-state index contributed by atoms with van der Waals surface area (Å²) < 4.78 is 28.6. The van der Waals surface area contributed by atoms with Gasteiger partial charge >= 0.3 is 0 Å². The highest BCUT2D eigenvalue weighted by molar-refractivity contribution is 5.98. The lowest BCUT2D eigenvalue weighted by atomic mass is 10.1. The highest BCUT2D eigenvalue weighted by Crippen LogP contribution is 2.20. The molecule has 30 heavy (non-hydrogen) atoms. The molecule has 4 rings (SSSR count). The van der Waals surface area contributed by atoms with Gasteiger partial charge < -0.3 is 9.47 Å². The topological polar surface area (TPSA) is 56.0 Å². The smallest absolute Gasteiger partial charge is 0.257 e. The molecule has 0 aliphatic carbocycles. The monoisotopic (exact) mass is 409 g/mol. The maximum absolute atomic E-state index is 12.9. The van der Waals surface area contributed by atoms with Gasteiger partial charge in [0.25, 0.3) is 12.3 Å². The van der Waals surface area contributed by atoms with E-state index in [1.165, 1.54) is 16.8 Å². The molecule has 0 bridgehead atoms. The first kappa shape index (κ1) is 19.8. The number of carbonyl (C=O) groups is 1. The van der Waals surface area contributed by atoms with Crippen molar-refractivity contribution in [1.82, 2.24) is 24.2 Å². The third kappa shape index (κ3) is 4.22. The maximum Gasteiger partial charge on any atom is 0.257 e. The van der Waals surface area contributed by atoms with Gasteiger partial charge in [0.15, 0.2) is 0 Å². The summed E-state index contributed by atoms with van der Waals surface area (Å²) in [6, 6.07) is 17.7. The Labute approximate surface area is 172 Å². The first-order chi connectivity index (χ1) is 14.5. The van der Waals surface area contributed by atoms with Crippen molar-refractivity contribution in [3.05, 3.63) is 84.1 Å². The largest absolute Gasteiger partial charge is 0.343 e. The van der Waals surface area contributed by atoms with Crippen molar-refractivity contribution < 1.29 is 13.6 Å². The number of fused-ring (bicyclic) bond motifs is 1. The molecule has 0 saturated carbocycles. The van der Waals surface area contributed by atoms with E-state index in [4.69, 9.17) is 0 Å². The summed E-state index contributed by atoms with van der Waals surface area (Å²) in [5.74, 6) is 0.112. The Hall–Kier alpha value is -3.55. The Morgan fingerprint density at radius 3 is 2.70 bits per heavy atom. The first-order valence-corrected chi connectivity index (χ1v) is 9.54. The molecule has 1 amide bonds. The van der Waals surface area contributed by atoms with Gasteiger partial charge in [-0.15, -0.1) is 0 Å². The lowest BCUT2D eigenvalue weighted by Gasteiger charge is -2.17. The number of aromatic nitrogens is 4. The number of alkyl halides is 2. The Kier molecular flexibility index (Phi) is 5.56. The van der Waals surface area contributed by atoms with Crippen LogP contribution in [0.1, 0.15) is 21.7 Å². The first-order valence-electron chi connectivity index (χ1n) is 9.54. The molecule has 2 heterocycles. The zero-order chi connectivity index (χ0) is 21.1. The third-order valence-corrected chi connectivity index (χ3v) is 4.95. The van der Waals surface area contributed by atoms with Crippen LogP contribution in [-0.2, 0) is 19.6 Å². The molecule has 4 aromatic rings. The number of nitrogens with zero attached hydrogens (tertiary/aromatic N) is 5. The SMILES string of the molecule is CN(Cc1ncnn1CC(F)F)C(=O)c1ccc2c(ccn2Cc2ccccc2)c1. The zero-order valence-corrected chi connectivity index (χ0v) is 16.4. The molecule has 0 fully saturated rings. The molecule has 8 heteroatoms. The quantitative estimate of drug-likeness (QED) is 0.466. The van der Waals surface area contributed by atoms with Gasteiger partial charge in [-0.25, -0.2) is 18.4 Å². The van der Waals surface area contributed by atoms with Crippen LogP contribution in [0.2, 0.25) is 0 Å². The minimum Gasteiger partial charge on any atom is -0.343 e. The molecule has 154 valence electrons. The summed E-state index contributed by atoms with van der Waals surface area (Å²) in [5, 5.41) is 4.77. The van der Waals surface area contributed by atoms with E-state index < -0.39 is 13.0 Å². The van der Waals surface area contributed by atoms with E-state index >= 15 is 0 Å². The minimum atomic E-state index is -2.53. The van der Waals surface area contributed by atoms with Gasteiger partial charge in [0, 0.05) is 36.3 Å². The number of rotatable bonds is 7. The van der Waals surface area contributed by atoms with Crippen molar-refractivity contribution in [2.75, 3.05) is 7.05 Å². The van der Waals surface area contributed by atoms with Crippen LogP contribution in [0, 0.1) is 0 Å². The van der Waals surface area contributed by atoms with Gasteiger partial charge in [0.1, 0.15) is 18.7 Å². The maximum atomic E-state index is 12.9. The van der Waals surface area contributed by atoms with Gasteiger partial charge in [-0.1, -0.05) is 30.3 Å². The van der Waals surface area contributed by atoms with Crippen LogP contribution in [0.15, 0.2) is 67.1 Å². The van der Waals surface area contributed by atoms with E-state index in [1.54, 1.807) is 13.1 Å². The molecule has 2 aromatic heterocycles. The van der Waals surface area contributed by atoms with Crippen LogP contribution in [0.4, 0.5) is 8.78 Å². The van der Waals surface area contributed by atoms with Crippen molar-refractivity contribution in [1.29, 1.82) is 0 Å². The van der Waals surface area contributed by atoms with Crippen LogP contribution in [0.3, 0.4) is 0 Å². The van der Waals surface area contributed by atoms with Gasteiger partial charge in [0.2, 0.25) is 0 Å². The Morgan fingerprint density at radius 2 is 1.93 bits per heavy atom. The molecule has 6 nitrogen and oxygen atoms in total.